The second kappa shape index (κ2) is 3.92. The van der Waals surface area contributed by atoms with E-state index in [0.717, 1.165) is 10.9 Å². The van der Waals surface area contributed by atoms with E-state index in [0.29, 0.717) is 10.3 Å². The number of aromatic carboxylic acids is 1. The van der Waals surface area contributed by atoms with Crippen LogP contribution in [-0.2, 0) is 0 Å². The molecule has 3 aromatic rings. The van der Waals surface area contributed by atoms with Crippen molar-refractivity contribution in [1.82, 2.24) is 5.16 Å². The Hall–Kier alpha value is -2.21. The minimum absolute atomic E-state index is 0.00188. The fourth-order valence-corrected chi connectivity index (χ4v) is 2.73. The largest absolute Gasteiger partial charge is 0.477 e. The molecule has 1 aromatic carbocycles. The average molecular weight is 263 g/mol. The molecule has 0 aliphatic carbocycles. The quantitative estimate of drug-likeness (QED) is 0.769. The van der Waals surface area contributed by atoms with Crippen molar-refractivity contribution >= 4 is 27.4 Å². The minimum atomic E-state index is -1.10. The van der Waals surface area contributed by atoms with Crippen LogP contribution in [0.2, 0.25) is 0 Å². The zero-order chi connectivity index (χ0) is 12.7. The summed E-state index contributed by atoms with van der Waals surface area (Å²) in [6.07, 6.45) is 1.16. The number of hydrogen-bond donors (Lipinski definition) is 1. The fourth-order valence-electron chi connectivity index (χ4n) is 1.70. The van der Waals surface area contributed by atoms with Crippen LogP contribution in [0.5, 0.6) is 0 Å². The first-order valence-electron chi connectivity index (χ1n) is 5.02. The van der Waals surface area contributed by atoms with Gasteiger partial charge in [0.25, 0.3) is 0 Å². The number of nitrogens with zero attached hydrogens (tertiary/aromatic N) is 1. The second-order valence-electron chi connectivity index (χ2n) is 3.67. The molecule has 0 unspecified atom stereocenters. The van der Waals surface area contributed by atoms with Gasteiger partial charge in [0.1, 0.15) is 11.4 Å². The third kappa shape index (κ3) is 1.67. The number of carbonyl (C=O) groups is 1. The third-order valence-corrected chi connectivity index (χ3v) is 3.62. The molecule has 0 atom stereocenters. The molecule has 0 bridgehead atoms. The normalized spacial score (nSPS) is 10.9. The number of carboxylic acid groups (broad SMARTS) is 1. The lowest BCUT2D eigenvalue weighted by molar-refractivity contribution is 0.0697. The van der Waals surface area contributed by atoms with Crippen LogP contribution in [0.3, 0.4) is 0 Å². The summed E-state index contributed by atoms with van der Waals surface area (Å²) in [5.41, 5.74) is 0.00188. The molecule has 2 aromatic heterocycles. The molecule has 0 amide bonds. The number of thiophene rings is 1. The highest BCUT2D eigenvalue weighted by molar-refractivity contribution is 7.22. The number of hydrogen-bond acceptors (Lipinski definition) is 4. The molecule has 0 aliphatic rings. The van der Waals surface area contributed by atoms with Gasteiger partial charge < -0.3 is 9.63 Å². The van der Waals surface area contributed by atoms with Crippen molar-refractivity contribution in [3.05, 3.63) is 41.8 Å². The number of carboxylic acids is 1. The minimum Gasteiger partial charge on any atom is -0.477 e. The predicted octanol–water partition coefficient (Wildman–Crippen LogP) is 3.39. The molecule has 6 heteroatoms. The van der Waals surface area contributed by atoms with E-state index >= 15 is 0 Å². The number of benzene rings is 1. The topological polar surface area (TPSA) is 63.3 Å². The molecule has 0 saturated carbocycles. The average Bonchev–Trinajstić information content (AvgIpc) is 2.93. The lowest BCUT2D eigenvalue weighted by atomic mass is 10.2. The van der Waals surface area contributed by atoms with E-state index in [2.05, 4.69) is 5.16 Å². The zero-order valence-corrected chi connectivity index (χ0v) is 9.70. The fraction of sp³-hybridized carbons (Fsp3) is 0. The summed E-state index contributed by atoms with van der Waals surface area (Å²) in [6, 6.07) is 6.10. The first-order chi connectivity index (χ1) is 8.65. The van der Waals surface area contributed by atoms with Crippen molar-refractivity contribution < 1.29 is 18.8 Å². The van der Waals surface area contributed by atoms with Crippen molar-refractivity contribution in [2.24, 2.45) is 0 Å². The van der Waals surface area contributed by atoms with E-state index in [1.807, 2.05) is 0 Å². The molecule has 0 aliphatic heterocycles. The van der Waals surface area contributed by atoms with Gasteiger partial charge in [-0.05, 0) is 29.7 Å². The Kier molecular flexibility index (Phi) is 2.38. The number of halogens is 1. The first-order valence-corrected chi connectivity index (χ1v) is 5.84. The maximum atomic E-state index is 13.1. The molecule has 0 radical (unpaired) electrons. The van der Waals surface area contributed by atoms with E-state index in [1.165, 1.54) is 23.5 Å². The maximum Gasteiger partial charge on any atom is 0.341 e. The van der Waals surface area contributed by atoms with Crippen LogP contribution in [0.1, 0.15) is 10.4 Å². The lowest BCUT2D eigenvalue weighted by Gasteiger charge is -1.90. The molecule has 90 valence electrons. The predicted molar refractivity (Wildman–Crippen MR) is 64.2 cm³/mol. The lowest BCUT2D eigenvalue weighted by Crippen LogP contribution is -1.94. The van der Waals surface area contributed by atoms with Gasteiger partial charge >= 0.3 is 5.97 Å². The third-order valence-electron chi connectivity index (χ3n) is 2.50. The van der Waals surface area contributed by atoms with Gasteiger partial charge in [0.05, 0.1) is 11.1 Å². The van der Waals surface area contributed by atoms with Crippen LogP contribution < -0.4 is 0 Å². The van der Waals surface area contributed by atoms with Gasteiger partial charge in [-0.25, -0.2) is 9.18 Å². The molecule has 0 spiro atoms. The van der Waals surface area contributed by atoms with Gasteiger partial charge in [0.15, 0.2) is 5.76 Å². The number of aromatic nitrogens is 1. The van der Waals surface area contributed by atoms with Crippen LogP contribution in [0, 0.1) is 5.82 Å². The van der Waals surface area contributed by atoms with Crippen LogP contribution in [0.4, 0.5) is 4.39 Å². The second-order valence-corrected chi connectivity index (χ2v) is 4.75. The summed E-state index contributed by atoms with van der Waals surface area (Å²) < 4.78 is 18.9. The molecular formula is C12H6FNO3S. The van der Waals surface area contributed by atoms with Gasteiger partial charge in [-0.15, -0.1) is 11.3 Å². The maximum absolute atomic E-state index is 13.1. The monoisotopic (exact) mass is 263 g/mol. The van der Waals surface area contributed by atoms with Crippen molar-refractivity contribution in [3.8, 4) is 10.6 Å². The Morgan fingerprint density at radius 1 is 1.39 bits per heavy atom. The van der Waals surface area contributed by atoms with E-state index in [4.69, 9.17) is 9.63 Å². The Labute approximate surface area is 104 Å². The van der Waals surface area contributed by atoms with Crippen molar-refractivity contribution in [3.63, 3.8) is 0 Å². The molecule has 0 fully saturated rings. The van der Waals surface area contributed by atoms with E-state index in [1.54, 1.807) is 12.1 Å². The van der Waals surface area contributed by atoms with Crippen LogP contribution in [0.15, 0.2) is 35.0 Å². The summed E-state index contributed by atoms with van der Waals surface area (Å²) >= 11 is 1.33. The van der Waals surface area contributed by atoms with Crippen molar-refractivity contribution in [2.45, 2.75) is 0 Å². The Morgan fingerprint density at radius 2 is 2.22 bits per heavy atom. The standard InChI is InChI=1S/C12H6FNO3S/c13-7-1-2-9-6(3-7)4-10(18-9)11-8(12(15)16)5-14-17-11/h1-5H,(H,15,16). The van der Waals surface area contributed by atoms with Crippen LogP contribution >= 0.6 is 11.3 Å². The Morgan fingerprint density at radius 3 is 3.00 bits per heavy atom. The van der Waals surface area contributed by atoms with Gasteiger partial charge in [-0.1, -0.05) is 5.16 Å². The molecule has 1 N–H and O–H groups in total. The van der Waals surface area contributed by atoms with Gasteiger partial charge in [0, 0.05) is 4.70 Å². The summed E-state index contributed by atoms with van der Waals surface area (Å²) in [4.78, 5) is 11.6. The highest BCUT2D eigenvalue weighted by atomic mass is 32.1. The summed E-state index contributed by atoms with van der Waals surface area (Å²) in [6.45, 7) is 0. The van der Waals surface area contributed by atoms with Gasteiger partial charge in [-0.2, -0.15) is 0 Å². The van der Waals surface area contributed by atoms with Gasteiger partial charge in [-0.3, -0.25) is 0 Å². The van der Waals surface area contributed by atoms with Crippen LogP contribution in [0.25, 0.3) is 20.7 Å². The first kappa shape index (κ1) is 10.9. The SMILES string of the molecule is O=C(O)c1cnoc1-c1cc2cc(F)ccc2s1. The van der Waals surface area contributed by atoms with E-state index in [9.17, 15) is 9.18 Å². The summed E-state index contributed by atoms with van der Waals surface area (Å²) in [7, 11) is 0. The molecule has 2 heterocycles. The molecule has 3 rings (SSSR count). The smallest absolute Gasteiger partial charge is 0.341 e. The summed E-state index contributed by atoms with van der Waals surface area (Å²) in [5, 5.41) is 13.2. The number of rotatable bonds is 2. The summed E-state index contributed by atoms with van der Waals surface area (Å²) in [5.74, 6) is -1.23. The molecule has 18 heavy (non-hydrogen) atoms. The van der Waals surface area contributed by atoms with Gasteiger partial charge in [0.2, 0.25) is 0 Å². The van der Waals surface area contributed by atoms with Crippen molar-refractivity contribution in [1.29, 1.82) is 0 Å². The Bertz CT molecular complexity index is 747. The molecular weight excluding hydrogens is 257 g/mol. The molecule has 0 saturated heterocycles. The Balaban J connectivity index is 2.19. The van der Waals surface area contributed by atoms with Crippen LogP contribution in [-0.4, -0.2) is 16.2 Å². The van der Waals surface area contributed by atoms with Crippen molar-refractivity contribution in [2.75, 3.05) is 0 Å². The highest BCUT2D eigenvalue weighted by Crippen LogP contribution is 2.35. The van der Waals surface area contributed by atoms with E-state index < -0.39 is 5.97 Å². The van der Waals surface area contributed by atoms with E-state index in [-0.39, 0.29) is 17.1 Å². The highest BCUT2D eigenvalue weighted by Gasteiger charge is 2.18. The number of fused-ring (bicyclic) bond motifs is 1. The molecule has 4 nitrogen and oxygen atoms in total. The zero-order valence-electron chi connectivity index (χ0n) is 8.88.